The van der Waals surface area contributed by atoms with Gasteiger partial charge in [0.25, 0.3) is 0 Å². The second-order valence-corrected chi connectivity index (χ2v) is 6.35. The Morgan fingerprint density at radius 1 is 1.39 bits per heavy atom. The molecule has 0 amide bonds. The van der Waals surface area contributed by atoms with E-state index in [0.29, 0.717) is 24.5 Å². The zero-order valence-corrected chi connectivity index (χ0v) is 12.1. The summed E-state index contributed by atoms with van der Waals surface area (Å²) in [7, 11) is 0. The molecule has 1 fully saturated rings. The van der Waals surface area contributed by atoms with Crippen molar-refractivity contribution in [1.82, 2.24) is 5.32 Å². The largest absolute Gasteiger partial charge is 0.396 e. The molecule has 1 saturated carbocycles. The number of thiophene rings is 1. The molecule has 0 radical (unpaired) electrons. The van der Waals surface area contributed by atoms with E-state index in [0.717, 1.165) is 13.0 Å². The van der Waals surface area contributed by atoms with Gasteiger partial charge in [0.15, 0.2) is 0 Å². The van der Waals surface area contributed by atoms with Crippen LogP contribution in [-0.2, 0) is 0 Å². The molecule has 0 aliphatic heterocycles. The van der Waals surface area contributed by atoms with E-state index >= 15 is 0 Å². The van der Waals surface area contributed by atoms with Gasteiger partial charge in [-0.1, -0.05) is 25.8 Å². The van der Waals surface area contributed by atoms with Crippen molar-refractivity contribution in [2.24, 2.45) is 11.8 Å². The molecule has 3 unspecified atom stereocenters. The van der Waals surface area contributed by atoms with Gasteiger partial charge in [0.05, 0.1) is 0 Å². The van der Waals surface area contributed by atoms with E-state index in [1.54, 1.807) is 0 Å². The fourth-order valence-corrected chi connectivity index (χ4v) is 3.91. The third kappa shape index (κ3) is 3.56. The molecule has 2 nitrogen and oxygen atoms in total. The van der Waals surface area contributed by atoms with Crippen molar-refractivity contribution in [3.05, 3.63) is 22.4 Å². The molecule has 2 rings (SSSR count). The quantitative estimate of drug-likeness (QED) is 0.825. The minimum atomic E-state index is 0.363. The van der Waals surface area contributed by atoms with Crippen LogP contribution in [0.25, 0.3) is 0 Å². The topological polar surface area (TPSA) is 32.3 Å². The van der Waals surface area contributed by atoms with Crippen molar-refractivity contribution in [2.75, 3.05) is 13.2 Å². The van der Waals surface area contributed by atoms with Crippen LogP contribution in [0.1, 0.15) is 49.9 Å². The van der Waals surface area contributed by atoms with Crippen LogP contribution in [0, 0.1) is 11.8 Å². The van der Waals surface area contributed by atoms with E-state index in [2.05, 4.69) is 29.8 Å². The van der Waals surface area contributed by atoms with E-state index in [9.17, 15) is 5.11 Å². The summed E-state index contributed by atoms with van der Waals surface area (Å²) in [6, 6.07) is 4.84. The van der Waals surface area contributed by atoms with E-state index < -0.39 is 0 Å². The lowest BCUT2D eigenvalue weighted by Crippen LogP contribution is -2.34. The van der Waals surface area contributed by atoms with Crippen molar-refractivity contribution >= 4 is 11.3 Å². The molecule has 0 spiro atoms. The summed E-state index contributed by atoms with van der Waals surface area (Å²) in [6.07, 6.45) is 6.25. The van der Waals surface area contributed by atoms with Crippen LogP contribution < -0.4 is 5.32 Å². The lowest BCUT2D eigenvalue weighted by atomic mass is 9.79. The molecule has 0 saturated heterocycles. The first-order valence-corrected chi connectivity index (χ1v) is 8.10. The molecule has 2 N–H and O–H groups in total. The highest BCUT2D eigenvalue weighted by Crippen LogP contribution is 2.30. The number of rotatable bonds is 6. The normalized spacial score (nSPS) is 26.1. The summed E-state index contributed by atoms with van der Waals surface area (Å²) >= 11 is 1.84. The molecule has 102 valence electrons. The third-order valence-electron chi connectivity index (χ3n) is 4.22. The Morgan fingerprint density at radius 2 is 2.17 bits per heavy atom. The first kappa shape index (κ1) is 14.0. The predicted octanol–water partition coefficient (Wildman–Crippen LogP) is 3.59. The van der Waals surface area contributed by atoms with Crippen molar-refractivity contribution in [3.8, 4) is 0 Å². The van der Waals surface area contributed by atoms with Crippen LogP contribution in [0.2, 0.25) is 0 Å². The average Bonchev–Trinajstić information content (AvgIpc) is 2.94. The Bertz CT molecular complexity index is 325. The molecule has 1 aromatic heterocycles. The van der Waals surface area contributed by atoms with Crippen LogP contribution >= 0.6 is 11.3 Å². The minimum absolute atomic E-state index is 0.363. The standard InChI is InChI=1S/C15H25NOS/c1-2-14(15-8-5-9-18-15)16-10-12-6-3-4-7-13(12)11-17/h5,8-9,12-14,16-17H,2-4,6-7,10-11H2,1H3. The zero-order chi connectivity index (χ0) is 12.8. The predicted molar refractivity (Wildman–Crippen MR) is 77.9 cm³/mol. The SMILES string of the molecule is CCC(NCC1CCCCC1CO)c1cccs1. The molecule has 1 aliphatic rings. The molecule has 0 bridgehead atoms. The molecule has 0 aromatic carbocycles. The summed E-state index contributed by atoms with van der Waals surface area (Å²) in [5.74, 6) is 1.19. The lowest BCUT2D eigenvalue weighted by Gasteiger charge is -2.31. The second kappa shape index (κ2) is 7.27. The van der Waals surface area contributed by atoms with Gasteiger partial charge in [-0.15, -0.1) is 11.3 Å². The molecule has 1 aromatic rings. The first-order chi connectivity index (χ1) is 8.85. The Balaban J connectivity index is 1.85. The second-order valence-electron chi connectivity index (χ2n) is 5.37. The van der Waals surface area contributed by atoms with Crippen LogP contribution in [-0.4, -0.2) is 18.3 Å². The highest BCUT2D eigenvalue weighted by atomic mass is 32.1. The van der Waals surface area contributed by atoms with Crippen molar-refractivity contribution < 1.29 is 5.11 Å². The smallest absolute Gasteiger partial charge is 0.0462 e. The maximum atomic E-state index is 9.44. The molecular weight excluding hydrogens is 242 g/mol. The zero-order valence-electron chi connectivity index (χ0n) is 11.3. The summed E-state index contributed by atoms with van der Waals surface area (Å²) in [4.78, 5) is 1.44. The Kier molecular flexibility index (Phi) is 5.67. The fraction of sp³-hybridized carbons (Fsp3) is 0.733. The van der Waals surface area contributed by atoms with Gasteiger partial charge in [0.1, 0.15) is 0 Å². The molecular formula is C15H25NOS. The maximum Gasteiger partial charge on any atom is 0.0462 e. The van der Waals surface area contributed by atoms with Gasteiger partial charge in [0.2, 0.25) is 0 Å². The Labute approximate surface area is 114 Å². The number of nitrogens with one attached hydrogen (secondary N) is 1. The van der Waals surface area contributed by atoms with Gasteiger partial charge in [0, 0.05) is 17.5 Å². The fourth-order valence-electron chi connectivity index (χ4n) is 3.02. The van der Waals surface area contributed by atoms with Gasteiger partial charge < -0.3 is 10.4 Å². The maximum absolute atomic E-state index is 9.44. The Morgan fingerprint density at radius 3 is 2.78 bits per heavy atom. The summed E-state index contributed by atoms with van der Waals surface area (Å²) in [5, 5.41) is 15.3. The van der Waals surface area contributed by atoms with Crippen molar-refractivity contribution in [2.45, 2.75) is 45.1 Å². The molecule has 18 heavy (non-hydrogen) atoms. The van der Waals surface area contributed by atoms with Gasteiger partial charge in [-0.25, -0.2) is 0 Å². The van der Waals surface area contributed by atoms with Crippen molar-refractivity contribution in [1.29, 1.82) is 0 Å². The van der Waals surface area contributed by atoms with E-state index in [-0.39, 0.29) is 0 Å². The van der Waals surface area contributed by atoms with Gasteiger partial charge in [-0.05, 0) is 49.1 Å². The average molecular weight is 267 g/mol. The number of hydrogen-bond acceptors (Lipinski definition) is 3. The van der Waals surface area contributed by atoms with Crippen LogP contribution in [0.5, 0.6) is 0 Å². The summed E-state index contributed by atoms with van der Waals surface area (Å²) in [6.45, 7) is 3.66. The molecule has 3 heteroatoms. The lowest BCUT2D eigenvalue weighted by molar-refractivity contribution is 0.131. The highest BCUT2D eigenvalue weighted by molar-refractivity contribution is 7.10. The highest BCUT2D eigenvalue weighted by Gasteiger charge is 2.25. The summed E-state index contributed by atoms with van der Waals surface area (Å²) < 4.78 is 0. The molecule has 1 aliphatic carbocycles. The van der Waals surface area contributed by atoms with Crippen LogP contribution in [0.15, 0.2) is 17.5 Å². The van der Waals surface area contributed by atoms with Crippen molar-refractivity contribution in [3.63, 3.8) is 0 Å². The first-order valence-electron chi connectivity index (χ1n) is 7.22. The number of hydrogen-bond donors (Lipinski definition) is 2. The van der Waals surface area contributed by atoms with Gasteiger partial charge in [-0.2, -0.15) is 0 Å². The number of aliphatic hydroxyl groups excluding tert-OH is 1. The van der Waals surface area contributed by atoms with Crippen LogP contribution in [0.3, 0.4) is 0 Å². The molecule has 1 heterocycles. The third-order valence-corrected chi connectivity index (χ3v) is 5.21. The van der Waals surface area contributed by atoms with E-state index in [1.807, 2.05) is 11.3 Å². The minimum Gasteiger partial charge on any atom is -0.396 e. The van der Waals surface area contributed by atoms with Gasteiger partial charge >= 0.3 is 0 Å². The monoisotopic (exact) mass is 267 g/mol. The molecule has 3 atom stereocenters. The van der Waals surface area contributed by atoms with Crippen LogP contribution in [0.4, 0.5) is 0 Å². The van der Waals surface area contributed by atoms with E-state index in [4.69, 9.17) is 0 Å². The summed E-state index contributed by atoms with van der Waals surface area (Å²) in [5.41, 5.74) is 0. The van der Waals surface area contributed by atoms with E-state index in [1.165, 1.54) is 30.6 Å². The number of aliphatic hydroxyl groups is 1. The Hall–Kier alpha value is -0.380. The van der Waals surface area contributed by atoms with Gasteiger partial charge in [-0.3, -0.25) is 0 Å².